The maximum Gasteiger partial charge on any atom is 0.268 e. The summed E-state index contributed by atoms with van der Waals surface area (Å²) in [6, 6.07) is 10.2. The summed E-state index contributed by atoms with van der Waals surface area (Å²) in [6.07, 6.45) is -1.66. The number of ether oxygens (including phenoxy) is 1. The summed E-state index contributed by atoms with van der Waals surface area (Å²) in [5, 5.41) is 19.6. The zero-order valence-electron chi connectivity index (χ0n) is 15.7. The molecule has 0 radical (unpaired) electrons. The molecule has 0 saturated heterocycles. The molecule has 6 nitrogen and oxygen atoms in total. The number of fused-ring (bicyclic) bond motifs is 1. The van der Waals surface area contributed by atoms with Gasteiger partial charge in [-0.2, -0.15) is 0 Å². The van der Waals surface area contributed by atoms with Gasteiger partial charge in [0.05, 0.1) is 17.5 Å². The number of hydrogen-bond acceptors (Lipinski definition) is 5. The van der Waals surface area contributed by atoms with E-state index in [0.717, 1.165) is 11.1 Å². The van der Waals surface area contributed by atoms with Crippen molar-refractivity contribution in [3.8, 4) is 5.75 Å². The highest BCUT2D eigenvalue weighted by atomic mass is 32.2. The monoisotopic (exact) mass is 389 g/mol. The molecular formula is C20H23NO5S. The first kappa shape index (κ1) is 19.4. The quantitative estimate of drug-likeness (QED) is 0.655. The highest BCUT2D eigenvalue weighted by Crippen LogP contribution is 2.35. The Labute approximate surface area is 158 Å². The number of aromatic nitrogens is 1. The van der Waals surface area contributed by atoms with Gasteiger partial charge in [-0.15, -0.1) is 0 Å². The van der Waals surface area contributed by atoms with Crippen molar-refractivity contribution in [2.75, 3.05) is 7.11 Å². The van der Waals surface area contributed by atoms with Gasteiger partial charge in [0.25, 0.3) is 10.0 Å². The lowest BCUT2D eigenvalue weighted by atomic mass is 10.1. The number of aliphatic hydroxyl groups is 2. The Hall–Kier alpha value is -2.35. The van der Waals surface area contributed by atoms with Gasteiger partial charge in [-0.05, 0) is 56.2 Å². The van der Waals surface area contributed by atoms with Crippen LogP contribution in [0.2, 0.25) is 0 Å². The van der Waals surface area contributed by atoms with Crippen molar-refractivity contribution in [1.82, 2.24) is 3.97 Å². The number of hydrogen-bond donors (Lipinski definition) is 2. The predicted octanol–water partition coefficient (Wildman–Crippen LogP) is 2.67. The molecule has 2 aromatic carbocycles. The highest BCUT2D eigenvalue weighted by Gasteiger charge is 2.26. The van der Waals surface area contributed by atoms with Gasteiger partial charge >= 0.3 is 0 Å². The molecule has 0 unspecified atom stereocenters. The average Bonchev–Trinajstić information content (AvgIpc) is 2.85. The number of benzene rings is 2. The van der Waals surface area contributed by atoms with Crippen LogP contribution in [-0.2, 0) is 16.4 Å². The molecule has 0 saturated carbocycles. The number of nitrogens with zero attached hydrogens (tertiary/aromatic N) is 1. The Bertz CT molecular complexity index is 1100. The fourth-order valence-electron chi connectivity index (χ4n) is 3.37. The lowest BCUT2D eigenvalue weighted by molar-refractivity contribution is -0.0380. The SMILES string of the molecule is COc1cc2c(CC(O)O)c(C)n(S(=O)(=O)c3ccc(C)cc3)c2cc1C. The van der Waals surface area contributed by atoms with Gasteiger partial charge in [-0.1, -0.05) is 17.7 Å². The number of rotatable bonds is 5. The first-order valence-electron chi connectivity index (χ1n) is 8.53. The van der Waals surface area contributed by atoms with Crippen molar-refractivity contribution in [3.63, 3.8) is 0 Å². The summed E-state index contributed by atoms with van der Waals surface area (Å²) in [7, 11) is -2.31. The standard InChI is InChI=1S/C20H23NO5S/c1-12-5-7-15(8-6-12)27(24,25)21-14(3)16(11-20(22)23)17-10-19(26-4)13(2)9-18(17)21/h5-10,20,22-23H,11H2,1-4H3. The topological polar surface area (TPSA) is 88.8 Å². The van der Waals surface area contributed by atoms with Gasteiger partial charge in [-0.25, -0.2) is 12.4 Å². The molecule has 3 aromatic rings. The Morgan fingerprint density at radius 3 is 2.26 bits per heavy atom. The van der Waals surface area contributed by atoms with Crippen molar-refractivity contribution < 1.29 is 23.4 Å². The van der Waals surface area contributed by atoms with Crippen molar-refractivity contribution in [2.24, 2.45) is 0 Å². The van der Waals surface area contributed by atoms with Gasteiger partial charge in [0.2, 0.25) is 0 Å². The maximum absolute atomic E-state index is 13.4. The largest absolute Gasteiger partial charge is 0.496 e. The van der Waals surface area contributed by atoms with Crippen molar-refractivity contribution in [1.29, 1.82) is 0 Å². The van der Waals surface area contributed by atoms with E-state index in [-0.39, 0.29) is 11.3 Å². The fraction of sp³-hybridized carbons (Fsp3) is 0.300. The van der Waals surface area contributed by atoms with E-state index in [1.807, 2.05) is 13.8 Å². The molecule has 3 rings (SSSR count). The third-order valence-electron chi connectivity index (χ3n) is 4.74. The molecule has 0 aliphatic rings. The maximum atomic E-state index is 13.4. The minimum absolute atomic E-state index is 0.0784. The Morgan fingerprint density at radius 2 is 1.70 bits per heavy atom. The van der Waals surface area contributed by atoms with Crippen molar-refractivity contribution in [3.05, 3.63) is 58.8 Å². The van der Waals surface area contributed by atoms with Crippen LogP contribution in [0.25, 0.3) is 10.9 Å². The smallest absolute Gasteiger partial charge is 0.268 e. The van der Waals surface area contributed by atoms with E-state index in [9.17, 15) is 18.6 Å². The van der Waals surface area contributed by atoms with Crippen LogP contribution < -0.4 is 4.74 Å². The second-order valence-corrected chi connectivity index (χ2v) is 8.46. The van der Waals surface area contributed by atoms with Crippen LogP contribution in [0.1, 0.15) is 22.4 Å². The molecule has 144 valence electrons. The minimum Gasteiger partial charge on any atom is -0.496 e. The normalized spacial score (nSPS) is 12.1. The first-order chi connectivity index (χ1) is 12.7. The molecule has 0 amide bonds. The van der Waals surface area contributed by atoms with Crippen LogP contribution in [0.15, 0.2) is 41.3 Å². The van der Waals surface area contributed by atoms with Gasteiger partial charge in [-0.3, -0.25) is 0 Å². The Balaban J connectivity index is 2.36. The average molecular weight is 389 g/mol. The zero-order chi connectivity index (χ0) is 19.9. The third-order valence-corrected chi connectivity index (χ3v) is 6.56. The second-order valence-electron chi connectivity index (χ2n) is 6.67. The lowest BCUT2D eigenvalue weighted by Gasteiger charge is -2.12. The Morgan fingerprint density at radius 1 is 1.07 bits per heavy atom. The van der Waals surface area contributed by atoms with Crippen LogP contribution in [-0.4, -0.2) is 36.0 Å². The van der Waals surface area contributed by atoms with Crippen molar-refractivity contribution >= 4 is 20.9 Å². The van der Waals surface area contributed by atoms with E-state index >= 15 is 0 Å². The molecule has 27 heavy (non-hydrogen) atoms. The third kappa shape index (κ3) is 3.34. The molecule has 2 N–H and O–H groups in total. The lowest BCUT2D eigenvalue weighted by Crippen LogP contribution is -2.15. The van der Waals surface area contributed by atoms with E-state index < -0.39 is 16.3 Å². The molecule has 0 bridgehead atoms. The van der Waals surface area contributed by atoms with Crippen molar-refractivity contribution in [2.45, 2.75) is 38.4 Å². The molecule has 0 fully saturated rings. The summed E-state index contributed by atoms with van der Waals surface area (Å²) >= 11 is 0. The first-order valence-corrected chi connectivity index (χ1v) is 9.97. The van der Waals surface area contributed by atoms with Gasteiger partial charge in [0.1, 0.15) is 5.75 Å². The molecule has 0 atom stereocenters. The van der Waals surface area contributed by atoms with E-state index in [2.05, 4.69) is 0 Å². The fourth-order valence-corrected chi connectivity index (χ4v) is 4.94. The molecule has 0 aliphatic heterocycles. The molecule has 1 aromatic heterocycles. The molecule has 0 spiro atoms. The highest BCUT2D eigenvalue weighted by molar-refractivity contribution is 7.90. The van der Waals surface area contributed by atoms with Crippen LogP contribution in [0.5, 0.6) is 5.75 Å². The summed E-state index contributed by atoms with van der Waals surface area (Å²) in [5.41, 5.74) is 3.26. The number of aliphatic hydroxyl groups excluding tert-OH is 1. The summed E-state index contributed by atoms with van der Waals surface area (Å²) in [5.74, 6) is 0.612. The van der Waals surface area contributed by atoms with E-state index in [0.29, 0.717) is 27.9 Å². The summed E-state index contributed by atoms with van der Waals surface area (Å²) in [4.78, 5) is 0.178. The molecule has 1 heterocycles. The minimum atomic E-state index is -3.85. The molecular weight excluding hydrogens is 366 g/mol. The van der Waals surface area contributed by atoms with E-state index in [1.165, 1.54) is 3.97 Å². The van der Waals surface area contributed by atoms with E-state index in [1.54, 1.807) is 50.4 Å². The van der Waals surface area contributed by atoms with Crippen LogP contribution in [0, 0.1) is 20.8 Å². The van der Waals surface area contributed by atoms with Gasteiger partial charge in [0, 0.05) is 17.5 Å². The second kappa shape index (κ2) is 6.99. The zero-order valence-corrected chi connectivity index (χ0v) is 16.5. The summed E-state index contributed by atoms with van der Waals surface area (Å²) in [6.45, 7) is 5.40. The molecule has 0 aliphatic carbocycles. The van der Waals surface area contributed by atoms with Crippen LogP contribution >= 0.6 is 0 Å². The number of methoxy groups -OCH3 is 1. The molecule has 7 heteroatoms. The van der Waals surface area contributed by atoms with Gasteiger partial charge in [0.15, 0.2) is 6.29 Å². The van der Waals surface area contributed by atoms with Crippen LogP contribution in [0.4, 0.5) is 0 Å². The van der Waals surface area contributed by atoms with Crippen LogP contribution in [0.3, 0.4) is 0 Å². The van der Waals surface area contributed by atoms with E-state index in [4.69, 9.17) is 4.74 Å². The summed E-state index contributed by atoms with van der Waals surface area (Å²) < 4.78 is 33.3. The predicted molar refractivity (Wildman–Crippen MR) is 104 cm³/mol. The number of aryl methyl sites for hydroxylation is 2. The van der Waals surface area contributed by atoms with Gasteiger partial charge < -0.3 is 14.9 Å². The Kier molecular flexibility index (Phi) is 5.03.